The Hall–Kier alpha value is -0.980. The summed E-state index contributed by atoms with van der Waals surface area (Å²) in [5.74, 6) is 0. The fraction of sp³-hybridized carbons (Fsp3) is 0.444. The molecule has 15 heavy (non-hydrogen) atoms. The van der Waals surface area contributed by atoms with Crippen LogP contribution in [0.25, 0.3) is 0 Å². The molecular formula is C9H15N3O2S. The maximum Gasteiger partial charge on any atom is 0.244 e. The van der Waals surface area contributed by atoms with Gasteiger partial charge in [0.05, 0.1) is 5.69 Å². The second-order valence-electron chi connectivity index (χ2n) is 3.07. The summed E-state index contributed by atoms with van der Waals surface area (Å²) in [4.78, 5) is 4.14. The Kier molecular flexibility index (Phi) is 3.78. The third-order valence-corrected chi connectivity index (χ3v) is 4.18. The lowest BCUT2D eigenvalue weighted by atomic mass is 10.3. The van der Waals surface area contributed by atoms with E-state index in [4.69, 9.17) is 5.73 Å². The Balaban J connectivity index is 3.27. The fourth-order valence-corrected chi connectivity index (χ4v) is 2.51. The molecule has 6 heteroatoms. The van der Waals surface area contributed by atoms with Gasteiger partial charge in [-0.15, -0.1) is 0 Å². The molecule has 0 saturated carbocycles. The molecular weight excluding hydrogens is 214 g/mol. The first kappa shape index (κ1) is 12.1. The third-order valence-electron chi connectivity index (χ3n) is 2.18. The molecule has 0 atom stereocenters. The minimum Gasteiger partial charge on any atom is -0.325 e. The van der Waals surface area contributed by atoms with Gasteiger partial charge in [-0.1, -0.05) is 6.92 Å². The van der Waals surface area contributed by atoms with Crippen molar-refractivity contribution in [3.05, 3.63) is 24.0 Å². The minimum absolute atomic E-state index is 0.118. The zero-order valence-corrected chi connectivity index (χ0v) is 9.66. The summed E-state index contributed by atoms with van der Waals surface area (Å²) in [6.45, 7) is 2.31. The van der Waals surface area contributed by atoms with Crippen LogP contribution in [0.2, 0.25) is 0 Å². The Labute approximate surface area is 90.0 Å². The fourth-order valence-electron chi connectivity index (χ4n) is 1.15. The van der Waals surface area contributed by atoms with Crippen molar-refractivity contribution in [3.63, 3.8) is 0 Å². The van der Waals surface area contributed by atoms with Crippen molar-refractivity contribution in [3.8, 4) is 0 Å². The zero-order valence-electron chi connectivity index (χ0n) is 8.84. The number of aromatic nitrogens is 1. The van der Waals surface area contributed by atoms with Crippen LogP contribution in [-0.4, -0.2) is 31.3 Å². The lowest BCUT2D eigenvalue weighted by Gasteiger charge is -2.16. The number of nitrogens with two attached hydrogens (primary N) is 1. The Morgan fingerprint density at radius 2 is 2.20 bits per heavy atom. The number of hydrogen-bond donors (Lipinski definition) is 1. The standard InChI is InChI=1S/C9H15N3O2S/c1-3-12(2)15(13,14)9-5-4-6-11-8(9)7-10/h4-6H,3,7,10H2,1-2H3. The highest BCUT2D eigenvalue weighted by atomic mass is 32.2. The van der Waals surface area contributed by atoms with Gasteiger partial charge in [-0.05, 0) is 12.1 Å². The molecule has 1 heterocycles. The summed E-state index contributed by atoms with van der Waals surface area (Å²) in [5, 5.41) is 0. The molecule has 0 amide bonds. The van der Waals surface area contributed by atoms with E-state index in [1.807, 2.05) is 0 Å². The average molecular weight is 229 g/mol. The Morgan fingerprint density at radius 3 is 2.73 bits per heavy atom. The van der Waals surface area contributed by atoms with Crippen molar-refractivity contribution < 1.29 is 8.42 Å². The molecule has 0 aromatic carbocycles. The van der Waals surface area contributed by atoms with Crippen LogP contribution < -0.4 is 5.73 Å². The molecule has 0 aliphatic heterocycles. The molecule has 0 fully saturated rings. The van der Waals surface area contributed by atoms with E-state index in [1.165, 1.54) is 23.6 Å². The van der Waals surface area contributed by atoms with Crippen LogP contribution in [0.3, 0.4) is 0 Å². The van der Waals surface area contributed by atoms with E-state index in [9.17, 15) is 8.42 Å². The van der Waals surface area contributed by atoms with E-state index >= 15 is 0 Å². The van der Waals surface area contributed by atoms with Gasteiger partial charge in [0.15, 0.2) is 0 Å². The number of nitrogens with zero attached hydrogens (tertiary/aromatic N) is 2. The van der Waals surface area contributed by atoms with Gasteiger partial charge in [-0.3, -0.25) is 4.98 Å². The van der Waals surface area contributed by atoms with Gasteiger partial charge < -0.3 is 5.73 Å². The van der Waals surface area contributed by atoms with E-state index in [0.29, 0.717) is 12.2 Å². The lowest BCUT2D eigenvalue weighted by Crippen LogP contribution is -2.28. The normalized spacial score (nSPS) is 12.0. The van der Waals surface area contributed by atoms with Crippen molar-refractivity contribution in [1.82, 2.24) is 9.29 Å². The predicted octanol–water partition coefficient (Wildman–Crippen LogP) is 0.181. The molecule has 0 saturated heterocycles. The number of sulfonamides is 1. The molecule has 1 rings (SSSR count). The molecule has 0 radical (unpaired) electrons. The van der Waals surface area contributed by atoms with E-state index < -0.39 is 10.0 Å². The van der Waals surface area contributed by atoms with E-state index in [1.54, 1.807) is 13.0 Å². The van der Waals surface area contributed by atoms with E-state index in [2.05, 4.69) is 4.98 Å². The van der Waals surface area contributed by atoms with Crippen molar-refractivity contribution >= 4 is 10.0 Å². The molecule has 1 aromatic heterocycles. The predicted molar refractivity (Wildman–Crippen MR) is 57.6 cm³/mol. The largest absolute Gasteiger partial charge is 0.325 e. The Bertz CT molecular complexity index is 431. The van der Waals surface area contributed by atoms with Gasteiger partial charge in [-0.2, -0.15) is 0 Å². The smallest absolute Gasteiger partial charge is 0.244 e. The van der Waals surface area contributed by atoms with Crippen LogP contribution in [0.5, 0.6) is 0 Å². The summed E-state index contributed by atoms with van der Waals surface area (Å²) in [6, 6.07) is 3.12. The van der Waals surface area contributed by atoms with Crippen molar-refractivity contribution in [2.24, 2.45) is 5.73 Å². The van der Waals surface area contributed by atoms with Crippen molar-refractivity contribution in [2.45, 2.75) is 18.4 Å². The van der Waals surface area contributed by atoms with Gasteiger partial charge >= 0.3 is 0 Å². The number of pyridine rings is 1. The monoisotopic (exact) mass is 229 g/mol. The maximum atomic E-state index is 12.0. The maximum absolute atomic E-state index is 12.0. The average Bonchev–Trinajstić information content (AvgIpc) is 2.27. The summed E-state index contributed by atoms with van der Waals surface area (Å²) in [5.41, 5.74) is 5.84. The quantitative estimate of drug-likeness (QED) is 0.799. The molecule has 0 aliphatic carbocycles. The first-order valence-electron chi connectivity index (χ1n) is 4.64. The van der Waals surface area contributed by atoms with E-state index in [0.717, 1.165) is 0 Å². The molecule has 0 bridgehead atoms. The van der Waals surface area contributed by atoms with Gasteiger partial charge in [0.1, 0.15) is 4.90 Å². The van der Waals surface area contributed by atoms with Crippen LogP contribution >= 0.6 is 0 Å². The van der Waals surface area contributed by atoms with Gasteiger partial charge in [0.25, 0.3) is 0 Å². The van der Waals surface area contributed by atoms with Crippen LogP contribution in [0.4, 0.5) is 0 Å². The molecule has 5 nitrogen and oxygen atoms in total. The highest BCUT2D eigenvalue weighted by Crippen LogP contribution is 2.16. The second-order valence-corrected chi connectivity index (χ2v) is 5.08. The van der Waals surface area contributed by atoms with Crippen LogP contribution in [0, 0.1) is 0 Å². The van der Waals surface area contributed by atoms with Gasteiger partial charge in [0.2, 0.25) is 10.0 Å². The summed E-state index contributed by atoms with van der Waals surface area (Å²) in [6.07, 6.45) is 1.53. The molecule has 0 unspecified atom stereocenters. The summed E-state index contributed by atoms with van der Waals surface area (Å²) >= 11 is 0. The summed E-state index contributed by atoms with van der Waals surface area (Å²) < 4.78 is 25.2. The molecule has 0 aliphatic rings. The molecule has 1 aromatic rings. The van der Waals surface area contributed by atoms with Crippen molar-refractivity contribution in [2.75, 3.05) is 13.6 Å². The first-order valence-corrected chi connectivity index (χ1v) is 6.08. The number of rotatable bonds is 4. The van der Waals surface area contributed by atoms with Gasteiger partial charge in [0, 0.05) is 26.3 Å². The Morgan fingerprint density at radius 1 is 1.53 bits per heavy atom. The third kappa shape index (κ3) is 2.34. The van der Waals surface area contributed by atoms with E-state index in [-0.39, 0.29) is 11.4 Å². The second kappa shape index (κ2) is 4.69. The van der Waals surface area contributed by atoms with Crippen LogP contribution in [-0.2, 0) is 16.6 Å². The topological polar surface area (TPSA) is 76.3 Å². The number of hydrogen-bond acceptors (Lipinski definition) is 4. The molecule has 84 valence electrons. The zero-order chi connectivity index (χ0) is 11.5. The highest BCUT2D eigenvalue weighted by molar-refractivity contribution is 7.89. The first-order chi connectivity index (χ1) is 7.04. The molecule has 0 spiro atoms. The van der Waals surface area contributed by atoms with Gasteiger partial charge in [-0.25, -0.2) is 12.7 Å². The molecule has 2 N–H and O–H groups in total. The van der Waals surface area contributed by atoms with Crippen molar-refractivity contribution in [1.29, 1.82) is 0 Å². The summed E-state index contributed by atoms with van der Waals surface area (Å²) in [7, 11) is -1.91. The minimum atomic E-state index is -3.44. The SMILES string of the molecule is CCN(C)S(=O)(=O)c1cccnc1CN. The highest BCUT2D eigenvalue weighted by Gasteiger charge is 2.22. The van der Waals surface area contributed by atoms with Crippen LogP contribution in [0.15, 0.2) is 23.2 Å². The van der Waals surface area contributed by atoms with Crippen LogP contribution in [0.1, 0.15) is 12.6 Å². The lowest BCUT2D eigenvalue weighted by molar-refractivity contribution is 0.485.